The topological polar surface area (TPSA) is 88.1 Å². The Labute approximate surface area is 138 Å². The number of fused-ring (bicyclic) bond motifs is 1. The van der Waals surface area contributed by atoms with Crippen LogP contribution in [0.15, 0.2) is 21.9 Å². The third-order valence-corrected chi connectivity index (χ3v) is 5.12. The maximum Gasteiger partial charge on any atom is 0.330 e. The SMILES string of the molecule is CC1CCC(C)N1C(=O)c1cnc2c(c1)c(=O)[nH]c(=O)n2C1CC1. The van der Waals surface area contributed by atoms with Crippen molar-refractivity contribution in [3.8, 4) is 0 Å². The highest BCUT2D eigenvalue weighted by Crippen LogP contribution is 2.34. The van der Waals surface area contributed by atoms with Gasteiger partial charge in [0.15, 0.2) is 0 Å². The van der Waals surface area contributed by atoms with Crippen LogP contribution in [0.5, 0.6) is 0 Å². The molecule has 2 aromatic heterocycles. The molecule has 0 aromatic carbocycles. The lowest BCUT2D eigenvalue weighted by Gasteiger charge is -2.26. The number of nitrogens with one attached hydrogen (secondary N) is 1. The molecule has 1 amide bonds. The molecule has 24 heavy (non-hydrogen) atoms. The summed E-state index contributed by atoms with van der Waals surface area (Å²) in [6, 6.07) is 2.04. The van der Waals surface area contributed by atoms with E-state index in [2.05, 4.69) is 9.97 Å². The molecule has 0 spiro atoms. The Morgan fingerprint density at radius 1 is 1.17 bits per heavy atom. The Kier molecular flexibility index (Phi) is 3.33. The Bertz CT molecular complexity index is 931. The number of aromatic nitrogens is 3. The fourth-order valence-electron chi connectivity index (χ4n) is 3.67. The molecule has 3 heterocycles. The molecule has 7 heteroatoms. The van der Waals surface area contributed by atoms with Crippen molar-refractivity contribution in [3.05, 3.63) is 38.7 Å². The maximum absolute atomic E-state index is 12.8. The lowest BCUT2D eigenvalue weighted by atomic mass is 10.2. The van der Waals surface area contributed by atoms with Crippen LogP contribution < -0.4 is 11.2 Å². The van der Waals surface area contributed by atoms with Crippen molar-refractivity contribution in [2.45, 2.75) is 57.7 Å². The fraction of sp³-hybridized carbons (Fsp3) is 0.529. The van der Waals surface area contributed by atoms with E-state index in [0.717, 1.165) is 25.7 Å². The van der Waals surface area contributed by atoms with Crippen LogP contribution in [0.3, 0.4) is 0 Å². The van der Waals surface area contributed by atoms with Gasteiger partial charge in [0.2, 0.25) is 0 Å². The number of pyridine rings is 1. The van der Waals surface area contributed by atoms with E-state index < -0.39 is 11.2 Å². The summed E-state index contributed by atoms with van der Waals surface area (Å²) in [5, 5.41) is 0.298. The lowest BCUT2D eigenvalue weighted by Crippen LogP contribution is -2.38. The number of nitrogens with zero attached hydrogens (tertiary/aromatic N) is 3. The molecule has 2 atom stereocenters. The van der Waals surface area contributed by atoms with Gasteiger partial charge in [0.1, 0.15) is 5.65 Å². The molecule has 126 valence electrons. The monoisotopic (exact) mass is 328 g/mol. The van der Waals surface area contributed by atoms with Gasteiger partial charge < -0.3 is 4.90 Å². The van der Waals surface area contributed by atoms with Gasteiger partial charge in [-0.25, -0.2) is 9.78 Å². The van der Waals surface area contributed by atoms with Gasteiger partial charge in [-0.15, -0.1) is 0 Å². The lowest BCUT2D eigenvalue weighted by molar-refractivity contribution is 0.0692. The number of hydrogen-bond acceptors (Lipinski definition) is 4. The van der Waals surface area contributed by atoms with Crippen molar-refractivity contribution in [1.29, 1.82) is 0 Å². The van der Waals surface area contributed by atoms with Gasteiger partial charge >= 0.3 is 5.69 Å². The first kappa shape index (κ1) is 15.1. The van der Waals surface area contributed by atoms with Crippen molar-refractivity contribution < 1.29 is 4.79 Å². The second-order valence-electron chi connectivity index (χ2n) is 6.94. The molecule has 1 aliphatic heterocycles. The number of hydrogen-bond donors (Lipinski definition) is 1. The van der Waals surface area contributed by atoms with Crippen molar-refractivity contribution >= 4 is 16.9 Å². The Hall–Kier alpha value is -2.44. The molecule has 2 fully saturated rings. The van der Waals surface area contributed by atoms with Crippen molar-refractivity contribution in [2.24, 2.45) is 0 Å². The van der Waals surface area contributed by atoms with Crippen LogP contribution in [0.2, 0.25) is 0 Å². The van der Waals surface area contributed by atoms with Crippen molar-refractivity contribution in [1.82, 2.24) is 19.4 Å². The van der Waals surface area contributed by atoms with Gasteiger partial charge in [-0.3, -0.25) is 19.1 Å². The zero-order valence-electron chi connectivity index (χ0n) is 13.8. The molecular formula is C17H20N4O3. The molecule has 0 bridgehead atoms. The molecule has 1 aliphatic carbocycles. The Balaban J connectivity index is 1.83. The zero-order valence-corrected chi connectivity index (χ0v) is 13.8. The number of likely N-dealkylation sites (tertiary alicyclic amines) is 1. The number of aromatic amines is 1. The van der Waals surface area contributed by atoms with E-state index in [1.54, 1.807) is 6.07 Å². The van der Waals surface area contributed by atoms with Gasteiger partial charge in [0.25, 0.3) is 11.5 Å². The number of H-pyrrole nitrogens is 1. The molecule has 1 N–H and O–H groups in total. The molecule has 2 aliphatic rings. The predicted octanol–water partition coefficient (Wildman–Crippen LogP) is 1.43. The Morgan fingerprint density at radius 3 is 2.46 bits per heavy atom. The number of rotatable bonds is 2. The van der Waals surface area contributed by atoms with E-state index in [-0.39, 0.29) is 24.0 Å². The standard InChI is InChI=1S/C17H20N4O3/c1-9-3-4-10(2)20(9)16(23)11-7-13-14(18-8-11)21(12-5-6-12)17(24)19-15(13)22/h7-10,12H,3-6H2,1-2H3,(H,19,22,24). The van der Waals surface area contributed by atoms with E-state index in [0.29, 0.717) is 16.6 Å². The number of amides is 1. The smallest absolute Gasteiger partial charge is 0.330 e. The highest BCUT2D eigenvalue weighted by Gasteiger charge is 2.33. The summed E-state index contributed by atoms with van der Waals surface area (Å²) >= 11 is 0. The van der Waals surface area contributed by atoms with Crippen LogP contribution in [0.1, 0.15) is 55.9 Å². The minimum Gasteiger partial charge on any atom is -0.333 e. The Morgan fingerprint density at radius 2 is 1.83 bits per heavy atom. The summed E-state index contributed by atoms with van der Waals surface area (Å²) < 4.78 is 1.53. The first-order valence-corrected chi connectivity index (χ1v) is 8.44. The van der Waals surface area contributed by atoms with Crippen LogP contribution in [0, 0.1) is 0 Å². The van der Waals surface area contributed by atoms with E-state index in [9.17, 15) is 14.4 Å². The maximum atomic E-state index is 12.8. The predicted molar refractivity (Wildman–Crippen MR) is 89.2 cm³/mol. The molecule has 2 aromatic rings. The van der Waals surface area contributed by atoms with Crippen molar-refractivity contribution in [2.75, 3.05) is 0 Å². The zero-order chi connectivity index (χ0) is 17.0. The van der Waals surface area contributed by atoms with Gasteiger partial charge in [-0.2, -0.15) is 0 Å². The number of carbonyl (C=O) groups is 1. The van der Waals surface area contributed by atoms with Crippen molar-refractivity contribution in [3.63, 3.8) is 0 Å². The second kappa shape index (κ2) is 5.29. The van der Waals surface area contributed by atoms with E-state index in [4.69, 9.17) is 0 Å². The van der Waals surface area contributed by atoms with Gasteiger partial charge in [0.05, 0.1) is 10.9 Å². The molecule has 1 saturated heterocycles. The summed E-state index contributed by atoms with van der Waals surface area (Å²) in [6.45, 7) is 4.07. The molecule has 7 nitrogen and oxygen atoms in total. The van der Waals surface area contributed by atoms with Crippen LogP contribution in [-0.2, 0) is 0 Å². The van der Waals surface area contributed by atoms with Gasteiger partial charge in [-0.1, -0.05) is 0 Å². The minimum absolute atomic E-state index is 0.101. The molecule has 0 radical (unpaired) electrons. The molecule has 2 unspecified atom stereocenters. The third kappa shape index (κ3) is 2.26. The average molecular weight is 328 g/mol. The number of carbonyl (C=O) groups excluding carboxylic acids is 1. The summed E-state index contributed by atoms with van der Waals surface area (Å²) in [5.74, 6) is -0.106. The quantitative estimate of drug-likeness (QED) is 0.903. The molecular weight excluding hydrogens is 308 g/mol. The fourth-order valence-corrected chi connectivity index (χ4v) is 3.67. The first-order valence-electron chi connectivity index (χ1n) is 8.44. The summed E-state index contributed by atoms with van der Waals surface area (Å²) in [4.78, 5) is 45.6. The summed E-state index contributed by atoms with van der Waals surface area (Å²) in [6.07, 6.45) is 5.27. The molecule has 4 rings (SSSR count). The highest BCUT2D eigenvalue weighted by molar-refractivity contribution is 5.97. The normalized spacial score (nSPS) is 23.8. The summed E-state index contributed by atoms with van der Waals surface area (Å²) in [5.41, 5.74) is -0.153. The van der Waals surface area contributed by atoms with Crippen LogP contribution in [-0.4, -0.2) is 37.4 Å². The van der Waals surface area contributed by atoms with Gasteiger partial charge in [0, 0.05) is 24.3 Å². The minimum atomic E-state index is -0.489. The highest BCUT2D eigenvalue weighted by atomic mass is 16.2. The average Bonchev–Trinajstić information content (AvgIpc) is 3.32. The van der Waals surface area contributed by atoms with Crippen LogP contribution in [0.4, 0.5) is 0 Å². The molecule has 1 saturated carbocycles. The summed E-state index contributed by atoms with van der Waals surface area (Å²) in [7, 11) is 0. The van der Waals surface area contributed by atoms with E-state index >= 15 is 0 Å². The second-order valence-corrected chi connectivity index (χ2v) is 6.94. The first-order chi connectivity index (χ1) is 11.5. The van der Waals surface area contributed by atoms with E-state index in [1.165, 1.54) is 10.8 Å². The van der Waals surface area contributed by atoms with Crippen LogP contribution >= 0.6 is 0 Å². The van der Waals surface area contributed by atoms with Gasteiger partial charge in [-0.05, 0) is 45.6 Å². The largest absolute Gasteiger partial charge is 0.333 e. The van der Waals surface area contributed by atoms with Crippen LogP contribution in [0.25, 0.3) is 11.0 Å². The van der Waals surface area contributed by atoms with E-state index in [1.807, 2.05) is 18.7 Å². The third-order valence-electron chi connectivity index (χ3n) is 5.12.